The van der Waals surface area contributed by atoms with Gasteiger partial charge in [0.25, 0.3) is 5.76 Å². The molecule has 1 saturated heterocycles. The third-order valence-corrected chi connectivity index (χ3v) is 3.49. The van der Waals surface area contributed by atoms with Gasteiger partial charge in [-0.3, -0.25) is 4.79 Å². The van der Waals surface area contributed by atoms with Gasteiger partial charge in [0.2, 0.25) is 5.91 Å². The van der Waals surface area contributed by atoms with Crippen molar-refractivity contribution in [3.8, 4) is 0 Å². The number of carbonyl (C=O) groups is 1. The Labute approximate surface area is 125 Å². The Balaban J connectivity index is 0.00000200. The highest BCUT2D eigenvalue weighted by Crippen LogP contribution is 2.26. The van der Waals surface area contributed by atoms with E-state index in [1.807, 2.05) is 0 Å². The molecule has 20 heavy (non-hydrogen) atoms. The van der Waals surface area contributed by atoms with E-state index >= 15 is 0 Å². The van der Waals surface area contributed by atoms with Gasteiger partial charge in [0.05, 0.1) is 12.1 Å². The molecule has 1 heterocycles. The first kappa shape index (κ1) is 17.2. The Morgan fingerprint density at radius 2 is 2.05 bits per heavy atom. The average Bonchev–Trinajstić information content (AvgIpc) is 2.78. The van der Waals surface area contributed by atoms with Crippen molar-refractivity contribution in [1.29, 1.82) is 0 Å². The van der Waals surface area contributed by atoms with Gasteiger partial charge in [0.1, 0.15) is 0 Å². The second kappa shape index (κ2) is 7.78. The summed E-state index contributed by atoms with van der Waals surface area (Å²) in [6.07, 6.45) is -0.119. The summed E-state index contributed by atoms with van der Waals surface area (Å²) >= 11 is 0.460. The first-order valence-electron chi connectivity index (χ1n) is 5.82. The van der Waals surface area contributed by atoms with E-state index in [1.165, 1.54) is 12.1 Å². The Bertz CT molecular complexity index is 448. The SMILES string of the molecule is Cl.O=C(Nc1ccc(SC(F)F)cc1)C1CC(O)CN1. The highest BCUT2D eigenvalue weighted by molar-refractivity contribution is 7.99. The summed E-state index contributed by atoms with van der Waals surface area (Å²) in [5, 5.41) is 14.9. The van der Waals surface area contributed by atoms with Crippen molar-refractivity contribution in [2.24, 2.45) is 0 Å². The number of β-amino-alcohol motifs (C(OH)–C–C–N with tert-alkyl or cyclic N) is 1. The quantitative estimate of drug-likeness (QED) is 0.742. The molecule has 0 aliphatic carbocycles. The molecule has 1 fully saturated rings. The van der Waals surface area contributed by atoms with Gasteiger partial charge < -0.3 is 15.7 Å². The van der Waals surface area contributed by atoms with Crippen molar-refractivity contribution >= 4 is 35.8 Å². The van der Waals surface area contributed by atoms with Crippen molar-refractivity contribution < 1.29 is 18.7 Å². The van der Waals surface area contributed by atoms with Crippen LogP contribution >= 0.6 is 24.2 Å². The second-order valence-corrected chi connectivity index (χ2v) is 5.31. The standard InChI is InChI=1S/C12H14F2N2O2S.ClH/c13-12(14)19-9-3-1-7(2-4-9)16-11(18)10-5-8(17)6-15-10;/h1-4,8,10,12,15,17H,5-6H2,(H,16,18);1H. The van der Waals surface area contributed by atoms with Crippen LogP contribution in [-0.4, -0.2) is 35.5 Å². The lowest BCUT2D eigenvalue weighted by Gasteiger charge is -2.11. The topological polar surface area (TPSA) is 61.4 Å². The van der Waals surface area contributed by atoms with Crippen molar-refractivity contribution in [3.05, 3.63) is 24.3 Å². The van der Waals surface area contributed by atoms with Gasteiger partial charge in [0, 0.05) is 17.1 Å². The minimum Gasteiger partial charge on any atom is -0.392 e. The summed E-state index contributed by atoms with van der Waals surface area (Å²) in [4.78, 5) is 12.3. The number of halogens is 3. The Morgan fingerprint density at radius 1 is 1.40 bits per heavy atom. The van der Waals surface area contributed by atoms with Crippen molar-refractivity contribution in [1.82, 2.24) is 5.32 Å². The molecule has 3 N–H and O–H groups in total. The number of hydrogen-bond acceptors (Lipinski definition) is 4. The molecule has 1 amide bonds. The number of carbonyl (C=O) groups excluding carboxylic acids is 1. The maximum Gasteiger partial charge on any atom is 0.288 e. The monoisotopic (exact) mass is 324 g/mol. The Morgan fingerprint density at radius 3 is 2.55 bits per heavy atom. The number of alkyl halides is 2. The van der Waals surface area contributed by atoms with E-state index in [1.54, 1.807) is 12.1 Å². The minimum absolute atomic E-state index is 0. The van der Waals surface area contributed by atoms with Crippen molar-refractivity contribution in [2.75, 3.05) is 11.9 Å². The number of aliphatic hydroxyl groups excluding tert-OH is 1. The van der Waals surface area contributed by atoms with Crippen LogP contribution in [0.25, 0.3) is 0 Å². The highest BCUT2D eigenvalue weighted by Gasteiger charge is 2.27. The van der Waals surface area contributed by atoms with Crippen LogP contribution in [-0.2, 0) is 4.79 Å². The largest absolute Gasteiger partial charge is 0.392 e. The number of anilines is 1. The van der Waals surface area contributed by atoms with Gasteiger partial charge in [-0.2, -0.15) is 8.78 Å². The lowest BCUT2D eigenvalue weighted by molar-refractivity contribution is -0.117. The third kappa shape index (κ3) is 4.90. The first-order valence-corrected chi connectivity index (χ1v) is 6.70. The van der Waals surface area contributed by atoms with Crippen LogP contribution in [0.2, 0.25) is 0 Å². The fourth-order valence-electron chi connectivity index (χ4n) is 1.87. The van der Waals surface area contributed by atoms with E-state index in [9.17, 15) is 18.7 Å². The fraction of sp³-hybridized carbons (Fsp3) is 0.417. The maximum atomic E-state index is 12.1. The molecule has 0 bridgehead atoms. The molecule has 4 nitrogen and oxygen atoms in total. The van der Waals surface area contributed by atoms with Gasteiger partial charge in [-0.05, 0) is 30.7 Å². The molecule has 112 valence electrons. The van der Waals surface area contributed by atoms with Crippen LogP contribution in [0, 0.1) is 0 Å². The highest BCUT2D eigenvalue weighted by atomic mass is 35.5. The molecule has 1 aromatic carbocycles. The van der Waals surface area contributed by atoms with E-state index in [-0.39, 0.29) is 18.3 Å². The summed E-state index contributed by atoms with van der Waals surface area (Å²) in [5.74, 6) is -2.68. The summed E-state index contributed by atoms with van der Waals surface area (Å²) in [6, 6.07) is 5.81. The molecule has 0 aromatic heterocycles. The lowest BCUT2D eigenvalue weighted by Crippen LogP contribution is -2.35. The molecule has 2 unspecified atom stereocenters. The van der Waals surface area contributed by atoms with Crippen LogP contribution in [0.5, 0.6) is 0 Å². The number of hydrogen-bond donors (Lipinski definition) is 3. The van der Waals surface area contributed by atoms with Crippen LogP contribution < -0.4 is 10.6 Å². The number of nitrogens with one attached hydrogen (secondary N) is 2. The molecule has 2 rings (SSSR count). The zero-order chi connectivity index (χ0) is 13.8. The zero-order valence-electron chi connectivity index (χ0n) is 10.4. The smallest absolute Gasteiger partial charge is 0.288 e. The Hall–Kier alpha value is -0.890. The van der Waals surface area contributed by atoms with Crippen molar-refractivity contribution in [3.63, 3.8) is 0 Å². The molecule has 1 aromatic rings. The molecule has 0 radical (unpaired) electrons. The number of thioether (sulfide) groups is 1. The third-order valence-electron chi connectivity index (χ3n) is 2.77. The van der Waals surface area contributed by atoms with Crippen LogP contribution in [0.3, 0.4) is 0 Å². The van der Waals surface area contributed by atoms with E-state index in [0.29, 0.717) is 35.3 Å². The van der Waals surface area contributed by atoms with Crippen molar-refractivity contribution in [2.45, 2.75) is 29.2 Å². The number of aliphatic hydroxyl groups is 1. The summed E-state index contributed by atoms with van der Waals surface area (Å²) < 4.78 is 24.3. The molecular formula is C12H15ClF2N2O2S. The Kier molecular flexibility index (Phi) is 6.67. The van der Waals surface area contributed by atoms with Gasteiger partial charge in [-0.15, -0.1) is 12.4 Å². The molecule has 8 heteroatoms. The normalized spacial score (nSPS) is 21.6. The predicted octanol–water partition coefficient (Wildman–Crippen LogP) is 2.08. The first-order chi connectivity index (χ1) is 9.04. The van der Waals surface area contributed by atoms with Crippen LogP contribution in [0.1, 0.15) is 6.42 Å². The van der Waals surface area contributed by atoms with E-state index in [4.69, 9.17) is 0 Å². The van der Waals surface area contributed by atoms with Gasteiger partial charge in [-0.1, -0.05) is 11.8 Å². The predicted molar refractivity (Wildman–Crippen MR) is 76.6 cm³/mol. The molecular weight excluding hydrogens is 310 g/mol. The number of rotatable bonds is 4. The summed E-state index contributed by atoms with van der Waals surface area (Å²) in [7, 11) is 0. The minimum atomic E-state index is -2.45. The number of benzene rings is 1. The van der Waals surface area contributed by atoms with Gasteiger partial charge in [-0.25, -0.2) is 0 Å². The molecule has 1 aliphatic rings. The molecule has 0 saturated carbocycles. The fourth-order valence-corrected chi connectivity index (χ4v) is 2.36. The summed E-state index contributed by atoms with van der Waals surface area (Å²) in [6.45, 7) is 0.405. The molecule has 1 aliphatic heterocycles. The van der Waals surface area contributed by atoms with E-state index in [2.05, 4.69) is 10.6 Å². The van der Waals surface area contributed by atoms with Crippen LogP contribution in [0.15, 0.2) is 29.2 Å². The zero-order valence-corrected chi connectivity index (χ0v) is 12.0. The van der Waals surface area contributed by atoms with Gasteiger partial charge >= 0.3 is 0 Å². The molecule has 2 atom stereocenters. The second-order valence-electron chi connectivity index (χ2n) is 4.24. The van der Waals surface area contributed by atoms with E-state index in [0.717, 1.165) is 0 Å². The summed E-state index contributed by atoms with van der Waals surface area (Å²) in [5.41, 5.74) is 0.548. The van der Waals surface area contributed by atoms with Gasteiger partial charge in [0.15, 0.2) is 0 Å². The molecule has 0 spiro atoms. The van der Waals surface area contributed by atoms with Crippen LogP contribution in [0.4, 0.5) is 14.5 Å². The average molecular weight is 325 g/mol. The lowest BCUT2D eigenvalue weighted by atomic mass is 10.2. The maximum absolute atomic E-state index is 12.1. The van der Waals surface area contributed by atoms with E-state index < -0.39 is 17.9 Å². The number of amides is 1.